The Morgan fingerprint density at radius 3 is 3.08 bits per heavy atom. The van der Waals surface area contributed by atoms with Gasteiger partial charge < -0.3 is 15.6 Å². The summed E-state index contributed by atoms with van der Waals surface area (Å²) in [5.41, 5.74) is 5.98. The van der Waals surface area contributed by atoms with Gasteiger partial charge in [0.05, 0.1) is 6.04 Å². The van der Waals surface area contributed by atoms with Gasteiger partial charge in [-0.2, -0.15) is 0 Å². The summed E-state index contributed by atoms with van der Waals surface area (Å²) in [5.74, 6) is 0.117. The fraction of sp³-hybridized carbons (Fsp3) is 0.333. The van der Waals surface area contributed by atoms with Crippen LogP contribution in [0.25, 0.3) is 0 Å². The van der Waals surface area contributed by atoms with Gasteiger partial charge in [-0.25, -0.2) is 4.39 Å². The fourth-order valence-corrected chi connectivity index (χ4v) is 1.39. The number of hydrogen-bond donors (Lipinski definition) is 2. The average Bonchev–Trinajstić information content (AvgIpc) is 2.12. The Bertz CT molecular complexity index is 329. The summed E-state index contributed by atoms with van der Waals surface area (Å²) in [7, 11) is 0. The molecule has 2 rings (SSSR count). The van der Waals surface area contributed by atoms with E-state index in [2.05, 4.69) is 0 Å². The molecule has 1 heterocycles. The number of aliphatic hydroxyl groups is 1. The van der Waals surface area contributed by atoms with Crippen molar-refractivity contribution in [1.29, 1.82) is 0 Å². The molecule has 70 valence electrons. The van der Waals surface area contributed by atoms with Gasteiger partial charge >= 0.3 is 0 Å². The predicted octanol–water partition coefficient (Wildman–Crippen LogP) is 0.579. The van der Waals surface area contributed by atoms with Crippen molar-refractivity contribution in [3.63, 3.8) is 0 Å². The van der Waals surface area contributed by atoms with Crippen molar-refractivity contribution in [3.8, 4) is 5.75 Å². The lowest BCUT2D eigenvalue weighted by Gasteiger charge is -2.27. The van der Waals surface area contributed by atoms with Crippen molar-refractivity contribution in [2.75, 3.05) is 6.61 Å². The number of benzene rings is 1. The van der Waals surface area contributed by atoms with Gasteiger partial charge in [0.25, 0.3) is 0 Å². The predicted molar refractivity (Wildman–Crippen MR) is 44.8 cm³/mol. The Kier molecular flexibility index (Phi) is 1.94. The highest BCUT2D eigenvalue weighted by molar-refractivity contribution is 5.38. The molecule has 4 heteroatoms. The lowest BCUT2D eigenvalue weighted by atomic mass is 10.00. The largest absolute Gasteiger partial charge is 0.491 e. The van der Waals surface area contributed by atoms with E-state index in [4.69, 9.17) is 10.5 Å². The third-order valence-electron chi connectivity index (χ3n) is 2.13. The van der Waals surface area contributed by atoms with E-state index < -0.39 is 18.0 Å². The molecule has 1 aromatic rings. The number of aliphatic hydroxyl groups excluding tert-OH is 1. The van der Waals surface area contributed by atoms with E-state index in [9.17, 15) is 9.50 Å². The SMILES string of the molecule is NC1COc2ccc(F)cc2C1O. The molecule has 0 bridgehead atoms. The van der Waals surface area contributed by atoms with Crippen LogP contribution in [0.3, 0.4) is 0 Å². The molecule has 3 N–H and O–H groups in total. The van der Waals surface area contributed by atoms with Crippen LogP contribution in [0, 0.1) is 5.82 Å². The van der Waals surface area contributed by atoms with Gasteiger partial charge in [-0.3, -0.25) is 0 Å². The van der Waals surface area contributed by atoms with Gasteiger partial charge in [0, 0.05) is 5.56 Å². The standard InChI is InChI=1S/C9H10FNO2/c10-5-1-2-8-6(3-5)9(12)7(11)4-13-8/h1-3,7,9,12H,4,11H2. The van der Waals surface area contributed by atoms with Crippen molar-refractivity contribution < 1.29 is 14.2 Å². The quantitative estimate of drug-likeness (QED) is 0.618. The first-order valence-corrected chi connectivity index (χ1v) is 4.04. The highest BCUT2D eigenvalue weighted by Crippen LogP contribution is 2.31. The maximum Gasteiger partial charge on any atom is 0.125 e. The van der Waals surface area contributed by atoms with Crippen molar-refractivity contribution in [2.45, 2.75) is 12.1 Å². The Labute approximate surface area is 74.9 Å². The van der Waals surface area contributed by atoms with E-state index >= 15 is 0 Å². The number of rotatable bonds is 0. The number of halogens is 1. The van der Waals surface area contributed by atoms with Gasteiger partial charge in [-0.05, 0) is 18.2 Å². The van der Waals surface area contributed by atoms with E-state index in [1.807, 2.05) is 0 Å². The summed E-state index contributed by atoms with van der Waals surface area (Å²) in [6.07, 6.45) is -0.834. The Morgan fingerprint density at radius 2 is 2.31 bits per heavy atom. The minimum absolute atomic E-state index is 0.264. The minimum Gasteiger partial charge on any atom is -0.491 e. The molecule has 0 saturated heterocycles. The third-order valence-corrected chi connectivity index (χ3v) is 2.13. The minimum atomic E-state index is -0.834. The van der Waals surface area contributed by atoms with E-state index in [0.717, 1.165) is 0 Å². The lowest BCUT2D eigenvalue weighted by Crippen LogP contribution is -2.38. The van der Waals surface area contributed by atoms with Gasteiger partial charge in [-0.1, -0.05) is 0 Å². The van der Waals surface area contributed by atoms with Crippen LogP contribution < -0.4 is 10.5 Å². The van der Waals surface area contributed by atoms with Crippen LogP contribution in [0.1, 0.15) is 11.7 Å². The second-order valence-electron chi connectivity index (χ2n) is 3.10. The van der Waals surface area contributed by atoms with Crippen LogP contribution in [0.2, 0.25) is 0 Å². The molecule has 2 unspecified atom stereocenters. The van der Waals surface area contributed by atoms with Crippen LogP contribution >= 0.6 is 0 Å². The first kappa shape index (κ1) is 8.47. The summed E-state index contributed by atoms with van der Waals surface area (Å²) < 4.78 is 18.0. The number of hydrogen-bond acceptors (Lipinski definition) is 3. The number of ether oxygens (including phenoxy) is 1. The van der Waals surface area contributed by atoms with E-state index in [1.54, 1.807) is 0 Å². The molecule has 0 amide bonds. The van der Waals surface area contributed by atoms with Crippen LogP contribution in [-0.2, 0) is 0 Å². The molecular formula is C9H10FNO2. The average molecular weight is 183 g/mol. The molecule has 0 radical (unpaired) electrons. The molecule has 2 atom stereocenters. The van der Waals surface area contributed by atoms with Crippen LogP contribution in [0.15, 0.2) is 18.2 Å². The maximum absolute atomic E-state index is 12.8. The zero-order valence-corrected chi connectivity index (χ0v) is 6.90. The van der Waals surface area contributed by atoms with Crippen LogP contribution in [0.5, 0.6) is 5.75 Å². The smallest absolute Gasteiger partial charge is 0.125 e. The number of fused-ring (bicyclic) bond motifs is 1. The molecule has 0 saturated carbocycles. The lowest BCUT2D eigenvalue weighted by molar-refractivity contribution is 0.0911. The summed E-state index contributed by atoms with van der Waals surface area (Å²) in [6.45, 7) is 0.264. The summed E-state index contributed by atoms with van der Waals surface area (Å²) in [6, 6.07) is 3.57. The Morgan fingerprint density at radius 1 is 1.54 bits per heavy atom. The van der Waals surface area contributed by atoms with E-state index in [0.29, 0.717) is 11.3 Å². The molecule has 0 aliphatic carbocycles. The van der Waals surface area contributed by atoms with Crippen molar-refractivity contribution in [2.24, 2.45) is 5.73 Å². The molecule has 0 spiro atoms. The highest BCUT2D eigenvalue weighted by Gasteiger charge is 2.26. The molecule has 1 aromatic carbocycles. The van der Waals surface area contributed by atoms with Gasteiger partial charge in [0.2, 0.25) is 0 Å². The van der Waals surface area contributed by atoms with Crippen molar-refractivity contribution >= 4 is 0 Å². The summed E-state index contributed by atoms with van der Waals surface area (Å²) in [5, 5.41) is 9.58. The fourth-order valence-electron chi connectivity index (χ4n) is 1.39. The van der Waals surface area contributed by atoms with Crippen molar-refractivity contribution in [1.82, 2.24) is 0 Å². The maximum atomic E-state index is 12.8. The van der Waals surface area contributed by atoms with E-state index in [1.165, 1.54) is 18.2 Å². The monoisotopic (exact) mass is 183 g/mol. The molecule has 0 aromatic heterocycles. The third kappa shape index (κ3) is 1.38. The van der Waals surface area contributed by atoms with E-state index in [-0.39, 0.29) is 6.61 Å². The normalized spacial score (nSPS) is 26.4. The van der Waals surface area contributed by atoms with Crippen molar-refractivity contribution in [3.05, 3.63) is 29.6 Å². The molecule has 1 aliphatic heterocycles. The molecule has 13 heavy (non-hydrogen) atoms. The highest BCUT2D eigenvalue weighted by atomic mass is 19.1. The van der Waals surface area contributed by atoms with Crippen LogP contribution in [-0.4, -0.2) is 17.8 Å². The molecule has 3 nitrogen and oxygen atoms in total. The van der Waals surface area contributed by atoms with Gasteiger partial charge in [-0.15, -0.1) is 0 Å². The molecule has 0 fully saturated rings. The van der Waals surface area contributed by atoms with Gasteiger partial charge in [0.1, 0.15) is 24.3 Å². The zero-order chi connectivity index (χ0) is 9.42. The Hall–Kier alpha value is -1.13. The molecule has 1 aliphatic rings. The Balaban J connectivity index is 2.45. The topological polar surface area (TPSA) is 55.5 Å². The van der Waals surface area contributed by atoms with Gasteiger partial charge in [0.15, 0.2) is 0 Å². The first-order valence-electron chi connectivity index (χ1n) is 4.04. The van der Waals surface area contributed by atoms with Crippen LogP contribution in [0.4, 0.5) is 4.39 Å². The number of nitrogens with two attached hydrogens (primary N) is 1. The zero-order valence-electron chi connectivity index (χ0n) is 6.90. The first-order chi connectivity index (χ1) is 6.18. The second-order valence-corrected chi connectivity index (χ2v) is 3.10. The molecular weight excluding hydrogens is 173 g/mol. The summed E-state index contributed by atoms with van der Waals surface area (Å²) in [4.78, 5) is 0. The summed E-state index contributed by atoms with van der Waals surface area (Å²) >= 11 is 0. The second kappa shape index (κ2) is 2.97.